The Labute approximate surface area is 94.6 Å². The summed E-state index contributed by atoms with van der Waals surface area (Å²) in [6, 6.07) is 4.00. The molecule has 88 valence electrons. The fourth-order valence-electron chi connectivity index (χ4n) is 1.09. The molecule has 0 atom stereocenters. The van der Waals surface area contributed by atoms with Gasteiger partial charge >= 0.3 is 0 Å². The Morgan fingerprint density at radius 3 is 2.50 bits per heavy atom. The molecule has 4 heteroatoms. The first-order valence-corrected chi connectivity index (χ1v) is 4.99. The van der Waals surface area contributed by atoms with Crippen molar-refractivity contribution in [2.75, 3.05) is 12.4 Å². The Morgan fingerprint density at radius 2 is 2.00 bits per heavy atom. The van der Waals surface area contributed by atoms with Gasteiger partial charge in [0.1, 0.15) is 11.6 Å². The van der Waals surface area contributed by atoms with Gasteiger partial charge in [0, 0.05) is 11.5 Å². The normalized spacial score (nSPS) is 11.1. The molecule has 1 N–H and O–H groups in total. The van der Waals surface area contributed by atoms with Gasteiger partial charge in [-0.2, -0.15) is 0 Å². The quantitative estimate of drug-likeness (QED) is 0.840. The van der Waals surface area contributed by atoms with E-state index in [4.69, 9.17) is 4.74 Å². The fraction of sp³-hybridized carbons (Fsp3) is 0.417. The minimum atomic E-state index is -0.530. The molecule has 0 saturated heterocycles. The molecule has 0 aromatic heterocycles. The van der Waals surface area contributed by atoms with Crippen LogP contribution in [0.5, 0.6) is 5.75 Å². The Balaban J connectivity index is 2.96. The van der Waals surface area contributed by atoms with E-state index in [0.29, 0.717) is 11.4 Å². The van der Waals surface area contributed by atoms with Crippen LogP contribution in [0.4, 0.5) is 10.1 Å². The second kappa shape index (κ2) is 4.51. The second-order valence-corrected chi connectivity index (χ2v) is 4.55. The van der Waals surface area contributed by atoms with Crippen LogP contribution in [-0.2, 0) is 4.79 Å². The van der Waals surface area contributed by atoms with Gasteiger partial charge in [-0.25, -0.2) is 4.39 Å². The van der Waals surface area contributed by atoms with Crippen molar-refractivity contribution in [3.63, 3.8) is 0 Å². The summed E-state index contributed by atoms with van der Waals surface area (Å²) in [5.41, 5.74) is -0.181. The van der Waals surface area contributed by atoms with Crippen LogP contribution in [0.3, 0.4) is 0 Å². The van der Waals surface area contributed by atoms with Gasteiger partial charge < -0.3 is 10.1 Å². The molecule has 1 aromatic carbocycles. The number of amides is 1. The van der Waals surface area contributed by atoms with Crippen molar-refractivity contribution >= 4 is 11.6 Å². The zero-order valence-electron chi connectivity index (χ0n) is 9.93. The zero-order chi connectivity index (χ0) is 12.3. The number of halogens is 1. The van der Waals surface area contributed by atoms with Crippen LogP contribution in [0.1, 0.15) is 20.8 Å². The Hall–Kier alpha value is -1.58. The summed E-state index contributed by atoms with van der Waals surface area (Å²) in [7, 11) is 1.47. The van der Waals surface area contributed by atoms with E-state index in [1.807, 2.05) is 0 Å². The average Bonchev–Trinajstić information content (AvgIpc) is 2.16. The van der Waals surface area contributed by atoms with Gasteiger partial charge in [-0.05, 0) is 12.1 Å². The lowest BCUT2D eigenvalue weighted by Crippen LogP contribution is -2.27. The lowest BCUT2D eigenvalue weighted by molar-refractivity contribution is -0.123. The van der Waals surface area contributed by atoms with Crippen LogP contribution >= 0.6 is 0 Å². The Bertz CT molecular complexity index is 396. The van der Waals surface area contributed by atoms with Crippen LogP contribution in [0.25, 0.3) is 0 Å². The molecule has 0 heterocycles. The number of ether oxygens (including phenoxy) is 1. The second-order valence-electron chi connectivity index (χ2n) is 4.55. The largest absolute Gasteiger partial charge is 0.495 e. The van der Waals surface area contributed by atoms with Crippen LogP contribution in [0.15, 0.2) is 18.2 Å². The summed E-state index contributed by atoms with van der Waals surface area (Å²) >= 11 is 0. The monoisotopic (exact) mass is 225 g/mol. The van der Waals surface area contributed by atoms with Crippen molar-refractivity contribution < 1.29 is 13.9 Å². The van der Waals surface area contributed by atoms with Crippen LogP contribution in [0.2, 0.25) is 0 Å². The van der Waals surface area contributed by atoms with E-state index in [9.17, 15) is 9.18 Å². The SMILES string of the molecule is COc1ccc(F)cc1NC(=O)C(C)(C)C. The topological polar surface area (TPSA) is 38.3 Å². The Morgan fingerprint density at radius 1 is 1.38 bits per heavy atom. The van der Waals surface area contributed by atoms with Crippen molar-refractivity contribution in [2.24, 2.45) is 5.41 Å². The first-order valence-electron chi connectivity index (χ1n) is 4.99. The van der Waals surface area contributed by atoms with E-state index in [1.54, 1.807) is 20.8 Å². The number of nitrogens with one attached hydrogen (secondary N) is 1. The maximum absolute atomic E-state index is 13.0. The van der Waals surface area contributed by atoms with E-state index in [2.05, 4.69) is 5.32 Å². The zero-order valence-corrected chi connectivity index (χ0v) is 9.93. The van der Waals surface area contributed by atoms with Crippen molar-refractivity contribution in [2.45, 2.75) is 20.8 Å². The number of carbonyl (C=O) groups is 1. The standard InChI is InChI=1S/C12H16FNO2/c1-12(2,3)11(15)14-9-7-8(13)5-6-10(9)16-4/h5-7H,1-4H3,(H,14,15). The van der Waals surface area contributed by atoms with Gasteiger partial charge in [-0.3, -0.25) is 4.79 Å². The minimum Gasteiger partial charge on any atom is -0.495 e. The molecule has 0 radical (unpaired) electrons. The summed E-state index contributed by atoms with van der Waals surface area (Å²) < 4.78 is 18.1. The van der Waals surface area contributed by atoms with Gasteiger partial charge in [0.05, 0.1) is 12.8 Å². The minimum absolute atomic E-state index is 0.184. The molecule has 1 amide bonds. The van der Waals surface area contributed by atoms with E-state index >= 15 is 0 Å². The van der Waals surface area contributed by atoms with E-state index in [1.165, 1.54) is 25.3 Å². The highest BCUT2D eigenvalue weighted by atomic mass is 19.1. The summed E-state index contributed by atoms with van der Waals surface area (Å²) in [6.45, 7) is 5.36. The van der Waals surface area contributed by atoms with Gasteiger partial charge in [-0.15, -0.1) is 0 Å². The third kappa shape index (κ3) is 2.95. The molecular formula is C12H16FNO2. The molecule has 0 spiro atoms. The molecular weight excluding hydrogens is 209 g/mol. The number of benzene rings is 1. The lowest BCUT2D eigenvalue weighted by Gasteiger charge is -2.18. The molecule has 1 rings (SSSR count). The van der Waals surface area contributed by atoms with Crippen molar-refractivity contribution in [1.29, 1.82) is 0 Å². The van der Waals surface area contributed by atoms with E-state index < -0.39 is 11.2 Å². The first kappa shape index (κ1) is 12.5. The molecule has 0 aliphatic rings. The maximum atomic E-state index is 13.0. The Kier molecular flexibility index (Phi) is 3.52. The highest BCUT2D eigenvalue weighted by Crippen LogP contribution is 2.27. The number of hydrogen-bond acceptors (Lipinski definition) is 2. The van der Waals surface area contributed by atoms with Crippen molar-refractivity contribution in [3.05, 3.63) is 24.0 Å². The first-order chi connectivity index (χ1) is 7.34. The smallest absolute Gasteiger partial charge is 0.229 e. The van der Waals surface area contributed by atoms with Gasteiger partial charge in [0.25, 0.3) is 0 Å². The molecule has 1 aromatic rings. The predicted molar refractivity (Wildman–Crippen MR) is 61.0 cm³/mol. The fourth-order valence-corrected chi connectivity index (χ4v) is 1.09. The molecule has 3 nitrogen and oxygen atoms in total. The summed E-state index contributed by atoms with van der Waals surface area (Å²) in [5, 5.41) is 2.64. The van der Waals surface area contributed by atoms with Gasteiger partial charge in [0.15, 0.2) is 0 Å². The highest BCUT2D eigenvalue weighted by Gasteiger charge is 2.22. The number of methoxy groups -OCH3 is 1. The number of rotatable bonds is 2. The van der Waals surface area contributed by atoms with Crippen molar-refractivity contribution in [3.8, 4) is 5.75 Å². The summed E-state index contributed by atoms with van der Waals surface area (Å²) in [6.07, 6.45) is 0. The molecule has 0 saturated carbocycles. The van der Waals surface area contributed by atoms with Crippen LogP contribution in [-0.4, -0.2) is 13.0 Å². The van der Waals surface area contributed by atoms with Crippen LogP contribution in [0, 0.1) is 11.2 Å². The van der Waals surface area contributed by atoms with Gasteiger partial charge in [-0.1, -0.05) is 20.8 Å². The molecule has 0 fully saturated rings. The lowest BCUT2D eigenvalue weighted by atomic mass is 9.95. The molecule has 0 aliphatic heterocycles. The number of anilines is 1. The average molecular weight is 225 g/mol. The third-order valence-corrected chi connectivity index (χ3v) is 2.09. The third-order valence-electron chi connectivity index (χ3n) is 2.09. The molecule has 0 unspecified atom stereocenters. The summed E-state index contributed by atoms with van der Waals surface area (Å²) in [5.74, 6) is -0.152. The predicted octanol–water partition coefficient (Wildman–Crippen LogP) is 2.82. The maximum Gasteiger partial charge on any atom is 0.229 e. The number of carbonyl (C=O) groups excluding carboxylic acids is 1. The molecule has 0 bridgehead atoms. The molecule has 16 heavy (non-hydrogen) atoms. The van der Waals surface area contributed by atoms with Crippen molar-refractivity contribution in [1.82, 2.24) is 0 Å². The number of hydrogen-bond donors (Lipinski definition) is 1. The van der Waals surface area contributed by atoms with E-state index in [0.717, 1.165) is 0 Å². The van der Waals surface area contributed by atoms with Crippen LogP contribution < -0.4 is 10.1 Å². The molecule has 0 aliphatic carbocycles. The van der Waals surface area contributed by atoms with E-state index in [-0.39, 0.29) is 5.91 Å². The highest BCUT2D eigenvalue weighted by molar-refractivity contribution is 5.95. The van der Waals surface area contributed by atoms with Gasteiger partial charge in [0.2, 0.25) is 5.91 Å². The summed E-state index contributed by atoms with van der Waals surface area (Å²) in [4.78, 5) is 11.7.